The summed E-state index contributed by atoms with van der Waals surface area (Å²) in [5, 5.41) is 18.2. The van der Waals surface area contributed by atoms with E-state index in [2.05, 4.69) is 36.2 Å². The van der Waals surface area contributed by atoms with Crippen LogP contribution in [0.15, 0.2) is 59.1 Å². The zero-order valence-corrected chi connectivity index (χ0v) is 13.7. The molecule has 4 aromatic rings. The Labute approximate surface area is 151 Å². The topological polar surface area (TPSA) is 122 Å². The molecule has 9 nitrogen and oxygen atoms in total. The third kappa shape index (κ3) is 3.63. The van der Waals surface area contributed by atoms with Gasteiger partial charge in [0.05, 0.1) is 11.9 Å². The zero-order chi connectivity index (χ0) is 18.6. The molecule has 0 unspecified atom stereocenters. The van der Waals surface area contributed by atoms with Crippen molar-refractivity contribution in [1.29, 1.82) is 0 Å². The largest absolute Gasteiger partial charge is 0.423 e. The van der Waals surface area contributed by atoms with Crippen LogP contribution < -0.4 is 10.6 Å². The van der Waals surface area contributed by atoms with E-state index in [1.807, 2.05) is 0 Å². The van der Waals surface area contributed by atoms with Crippen LogP contribution in [0.1, 0.15) is 10.4 Å². The number of rotatable bonds is 5. The molecule has 27 heavy (non-hydrogen) atoms. The van der Waals surface area contributed by atoms with Gasteiger partial charge in [0, 0.05) is 11.1 Å². The Kier molecular flexibility index (Phi) is 4.27. The molecular formula is C17H12FN7O2. The van der Waals surface area contributed by atoms with E-state index in [-0.39, 0.29) is 17.7 Å². The van der Waals surface area contributed by atoms with Crippen LogP contribution in [0.5, 0.6) is 0 Å². The summed E-state index contributed by atoms with van der Waals surface area (Å²) in [7, 11) is 0. The average molecular weight is 365 g/mol. The molecule has 0 saturated carbocycles. The van der Waals surface area contributed by atoms with E-state index < -0.39 is 11.7 Å². The summed E-state index contributed by atoms with van der Waals surface area (Å²) in [6.45, 7) is 0. The molecule has 0 radical (unpaired) electrons. The van der Waals surface area contributed by atoms with Gasteiger partial charge < -0.3 is 9.73 Å². The van der Waals surface area contributed by atoms with Gasteiger partial charge in [0.1, 0.15) is 5.82 Å². The normalized spacial score (nSPS) is 10.6. The molecule has 0 atom stereocenters. The summed E-state index contributed by atoms with van der Waals surface area (Å²) in [5.41, 5.74) is 1.25. The van der Waals surface area contributed by atoms with Crippen LogP contribution in [-0.4, -0.2) is 31.5 Å². The number of nitrogens with one attached hydrogen (secondary N) is 3. The van der Waals surface area contributed by atoms with Crippen molar-refractivity contribution in [2.45, 2.75) is 0 Å². The molecule has 0 spiro atoms. The van der Waals surface area contributed by atoms with Crippen molar-refractivity contribution in [2.24, 2.45) is 0 Å². The first-order chi connectivity index (χ1) is 13.2. The number of oxazole rings is 1. The number of halogens is 1. The lowest BCUT2D eigenvalue weighted by Gasteiger charge is -2.04. The maximum atomic E-state index is 13.7. The summed E-state index contributed by atoms with van der Waals surface area (Å²) in [4.78, 5) is 16.3. The van der Waals surface area contributed by atoms with E-state index in [4.69, 9.17) is 4.42 Å². The highest BCUT2D eigenvalue weighted by molar-refractivity contribution is 6.03. The Balaban J connectivity index is 1.53. The molecule has 4 rings (SSSR count). The van der Waals surface area contributed by atoms with Gasteiger partial charge in [0.15, 0.2) is 5.76 Å². The van der Waals surface area contributed by atoms with Crippen molar-refractivity contribution >= 4 is 23.6 Å². The smallest absolute Gasteiger partial charge is 0.299 e. The summed E-state index contributed by atoms with van der Waals surface area (Å²) < 4.78 is 19.3. The molecule has 3 N–H and O–H groups in total. The zero-order valence-electron chi connectivity index (χ0n) is 13.7. The van der Waals surface area contributed by atoms with Gasteiger partial charge in [-0.1, -0.05) is 29.4 Å². The lowest BCUT2D eigenvalue weighted by molar-refractivity contribution is 0.102. The Morgan fingerprint density at radius 1 is 1.15 bits per heavy atom. The second kappa shape index (κ2) is 7.04. The Hall–Kier alpha value is -4.08. The first-order valence-electron chi connectivity index (χ1n) is 7.81. The summed E-state index contributed by atoms with van der Waals surface area (Å²) >= 11 is 0. The molecule has 0 aliphatic rings. The minimum Gasteiger partial charge on any atom is -0.423 e. The predicted molar refractivity (Wildman–Crippen MR) is 93.8 cm³/mol. The number of aromatic nitrogens is 5. The molecule has 0 saturated heterocycles. The van der Waals surface area contributed by atoms with Gasteiger partial charge in [-0.25, -0.2) is 9.37 Å². The molecule has 10 heteroatoms. The number of carbonyl (C=O) groups excluding carboxylic acids is 1. The van der Waals surface area contributed by atoms with Gasteiger partial charge in [-0.2, -0.15) is 5.21 Å². The number of anilines is 3. The maximum Gasteiger partial charge on any atom is 0.299 e. The summed E-state index contributed by atoms with van der Waals surface area (Å²) in [6, 6.07) is 13.0. The van der Waals surface area contributed by atoms with E-state index in [0.717, 1.165) is 0 Å². The van der Waals surface area contributed by atoms with Crippen molar-refractivity contribution < 1.29 is 13.6 Å². The highest BCUT2D eigenvalue weighted by Crippen LogP contribution is 2.26. The SMILES string of the molecule is O=C(Nc1nn[nH]n1)c1cccc(-c2cnc(Nc3ccccc3F)o2)c1. The number of para-hydroxylation sites is 1. The summed E-state index contributed by atoms with van der Waals surface area (Å²) in [6.07, 6.45) is 1.49. The fourth-order valence-corrected chi connectivity index (χ4v) is 2.35. The second-order valence-electron chi connectivity index (χ2n) is 5.40. The molecular weight excluding hydrogens is 353 g/mol. The molecule has 1 amide bonds. The molecule has 2 aromatic heterocycles. The lowest BCUT2D eigenvalue weighted by atomic mass is 10.1. The summed E-state index contributed by atoms with van der Waals surface area (Å²) in [5.74, 6) is -0.329. The van der Waals surface area contributed by atoms with Gasteiger partial charge in [0.2, 0.25) is 0 Å². The second-order valence-corrected chi connectivity index (χ2v) is 5.40. The third-order valence-electron chi connectivity index (χ3n) is 3.60. The third-order valence-corrected chi connectivity index (χ3v) is 3.60. The van der Waals surface area contributed by atoms with Gasteiger partial charge in [-0.05, 0) is 29.5 Å². The van der Waals surface area contributed by atoms with Crippen LogP contribution in [0.2, 0.25) is 0 Å². The minimum absolute atomic E-state index is 0.0708. The molecule has 134 valence electrons. The van der Waals surface area contributed by atoms with Crippen molar-refractivity contribution in [3.05, 3.63) is 66.1 Å². The van der Waals surface area contributed by atoms with E-state index in [1.165, 1.54) is 12.3 Å². The van der Waals surface area contributed by atoms with Crippen LogP contribution in [0.4, 0.5) is 22.0 Å². The van der Waals surface area contributed by atoms with Crippen LogP contribution >= 0.6 is 0 Å². The average Bonchev–Trinajstić information content (AvgIpc) is 3.36. The number of hydrogen-bond acceptors (Lipinski definition) is 7. The highest BCUT2D eigenvalue weighted by atomic mass is 19.1. The number of carbonyl (C=O) groups is 1. The van der Waals surface area contributed by atoms with Gasteiger partial charge in [-0.15, -0.1) is 5.10 Å². The first-order valence-corrected chi connectivity index (χ1v) is 7.81. The molecule has 2 heterocycles. The molecule has 0 aliphatic heterocycles. The van der Waals surface area contributed by atoms with Crippen LogP contribution in [-0.2, 0) is 0 Å². The van der Waals surface area contributed by atoms with Crippen LogP contribution in [0.3, 0.4) is 0 Å². The molecule has 0 aliphatic carbocycles. The standard InChI is InChI=1S/C17H12FN7O2/c18-12-6-1-2-7-13(12)20-17-19-9-14(27-17)10-4-3-5-11(8-10)15(26)21-16-22-24-25-23-16/h1-9H,(H,19,20)(H2,21,22,23,24,25,26). The van der Waals surface area contributed by atoms with Gasteiger partial charge >= 0.3 is 0 Å². The number of aromatic amines is 1. The molecule has 0 fully saturated rings. The number of tetrazole rings is 1. The monoisotopic (exact) mass is 365 g/mol. The molecule has 2 aromatic carbocycles. The Morgan fingerprint density at radius 2 is 2.04 bits per heavy atom. The predicted octanol–water partition coefficient (Wildman–Crippen LogP) is 2.99. The fourth-order valence-electron chi connectivity index (χ4n) is 2.35. The number of H-pyrrole nitrogens is 1. The number of amides is 1. The Bertz CT molecular complexity index is 1080. The fraction of sp³-hybridized carbons (Fsp3) is 0. The van der Waals surface area contributed by atoms with Crippen LogP contribution in [0.25, 0.3) is 11.3 Å². The van der Waals surface area contributed by atoms with Crippen molar-refractivity contribution in [3.8, 4) is 11.3 Å². The van der Waals surface area contributed by atoms with E-state index >= 15 is 0 Å². The quantitative estimate of drug-likeness (QED) is 0.497. The van der Waals surface area contributed by atoms with E-state index in [1.54, 1.807) is 42.5 Å². The van der Waals surface area contributed by atoms with Crippen LogP contribution in [0, 0.1) is 5.82 Å². The lowest BCUT2D eigenvalue weighted by Crippen LogP contribution is -2.13. The van der Waals surface area contributed by atoms with Crippen molar-refractivity contribution in [1.82, 2.24) is 25.6 Å². The van der Waals surface area contributed by atoms with E-state index in [9.17, 15) is 9.18 Å². The maximum absolute atomic E-state index is 13.7. The van der Waals surface area contributed by atoms with Gasteiger partial charge in [0.25, 0.3) is 17.9 Å². The van der Waals surface area contributed by atoms with E-state index in [0.29, 0.717) is 16.9 Å². The van der Waals surface area contributed by atoms with Crippen molar-refractivity contribution in [3.63, 3.8) is 0 Å². The minimum atomic E-state index is -0.419. The highest BCUT2D eigenvalue weighted by Gasteiger charge is 2.13. The Morgan fingerprint density at radius 3 is 2.85 bits per heavy atom. The van der Waals surface area contributed by atoms with Gasteiger partial charge in [-0.3, -0.25) is 10.1 Å². The number of hydrogen-bond donors (Lipinski definition) is 3. The molecule has 0 bridgehead atoms. The van der Waals surface area contributed by atoms with Crippen molar-refractivity contribution in [2.75, 3.05) is 10.6 Å². The number of benzene rings is 2. The number of nitrogens with zero attached hydrogens (tertiary/aromatic N) is 4. The first kappa shape index (κ1) is 16.4.